The number of rotatable bonds is 3. The number of hydrogen-bond donors (Lipinski definition) is 1. The summed E-state index contributed by atoms with van der Waals surface area (Å²) >= 11 is 3.40. The van der Waals surface area contributed by atoms with Crippen LogP contribution in [-0.2, 0) is 16.0 Å². The van der Waals surface area contributed by atoms with Gasteiger partial charge in [-0.1, -0.05) is 22.0 Å². The van der Waals surface area contributed by atoms with E-state index in [4.69, 9.17) is 5.11 Å². The summed E-state index contributed by atoms with van der Waals surface area (Å²) in [6, 6.07) is 5.85. The van der Waals surface area contributed by atoms with E-state index >= 15 is 0 Å². The third-order valence-corrected chi connectivity index (χ3v) is 4.26. The van der Waals surface area contributed by atoms with Gasteiger partial charge in [0.1, 0.15) is 0 Å². The lowest BCUT2D eigenvalue weighted by atomic mass is 9.97. The van der Waals surface area contributed by atoms with Crippen molar-refractivity contribution in [2.24, 2.45) is 5.92 Å². The van der Waals surface area contributed by atoms with Gasteiger partial charge in [-0.25, -0.2) is 0 Å². The number of amides is 1. The summed E-state index contributed by atoms with van der Waals surface area (Å²) in [6.45, 7) is 2.98. The molecule has 1 heterocycles. The summed E-state index contributed by atoms with van der Waals surface area (Å²) in [5.41, 5.74) is 2.06. The van der Waals surface area contributed by atoms with E-state index in [-0.39, 0.29) is 5.91 Å². The lowest BCUT2D eigenvalue weighted by molar-refractivity contribution is -0.145. The van der Waals surface area contributed by atoms with Crippen LogP contribution in [0.3, 0.4) is 0 Å². The average molecular weight is 340 g/mol. The van der Waals surface area contributed by atoms with Crippen LogP contribution < -0.4 is 0 Å². The Kier molecular flexibility index (Phi) is 4.81. The number of nitrogens with zero attached hydrogens (tertiary/aromatic N) is 1. The maximum Gasteiger partial charge on any atom is 0.308 e. The van der Waals surface area contributed by atoms with Crippen LogP contribution in [0.1, 0.15) is 24.0 Å². The Labute approximate surface area is 126 Å². The molecule has 1 saturated heterocycles. The number of piperidine rings is 1. The van der Waals surface area contributed by atoms with E-state index in [1.54, 1.807) is 4.90 Å². The zero-order valence-corrected chi connectivity index (χ0v) is 13.0. The number of aliphatic carboxylic acids is 1. The standard InChI is InChI=1S/C15H18BrNO3/c1-10-7-13(16)5-4-11(10)8-14(18)17-6-2-3-12(9-17)15(19)20/h4-5,7,12H,2-3,6,8-9H2,1H3,(H,19,20). The summed E-state index contributed by atoms with van der Waals surface area (Å²) < 4.78 is 0.995. The fourth-order valence-corrected chi connectivity index (χ4v) is 3.01. The van der Waals surface area contributed by atoms with Crippen molar-refractivity contribution >= 4 is 27.8 Å². The number of carbonyl (C=O) groups is 2. The Morgan fingerprint density at radius 2 is 2.20 bits per heavy atom. The zero-order valence-electron chi connectivity index (χ0n) is 11.4. The van der Waals surface area contributed by atoms with Crippen molar-refractivity contribution in [1.82, 2.24) is 4.90 Å². The number of carboxylic acids is 1. The van der Waals surface area contributed by atoms with E-state index in [9.17, 15) is 9.59 Å². The molecule has 1 amide bonds. The van der Waals surface area contributed by atoms with Gasteiger partial charge in [-0.2, -0.15) is 0 Å². The fourth-order valence-electron chi connectivity index (χ4n) is 2.54. The van der Waals surface area contributed by atoms with E-state index in [0.717, 1.165) is 22.0 Å². The number of likely N-dealkylation sites (tertiary alicyclic amines) is 1. The van der Waals surface area contributed by atoms with E-state index < -0.39 is 11.9 Å². The second-order valence-electron chi connectivity index (χ2n) is 5.26. The first kappa shape index (κ1) is 15.0. The Morgan fingerprint density at radius 1 is 1.45 bits per heavy atom. The maximum absolute atomic E-state index is 12.3. The molecule has 0 aromatic heterocycles. The Morgan fingerprint density at radius 3 is 2.85 bits per heavy atom. The number of halogens is 1. The molecule has 20 heavy (non-hydrogen) atoms. The van der Waals surface area contributed by atoms with Crippen LogP contribution in [0.15, 0.2) is 22.7 Å². The largest absolute Gasteiger partial charge is 0.481 e. The third kappa shape index (κ3) is 3.60. The predicted octanol–water partition coefficient (Wildman–Crippen LogP) is 2.62. The number of aryl methyl sites for hydroxylation is 1. The molecule has 5 heteroatoms. The van der Waals surface area contributed by atoms with Gasteiger partial charge in [-0.05, 0) is 43.0 Å². The molecule has 1 atom stereocenters. The van der Waals surface area contributed by atoms with Crippen molar-refractivity contribution in [3.8, 4) is 0 Å². The van der Waals surface area contributed by atoms with Crippen molar-refractivity contribution < 1.29 is 14.7 Å². The second-order valence-corrected chi connectivity index (χ2v) is 6.18. The SMILES string of the molecule is Cc1cc(Br)ccc1CC(=O)N1CCCC(C(=O)O)C1. The van der Waals surface area contributed by atoms with Gasteiger partial charge in [-0.15, -0.1) is 0 Å². The Hall–Kier alpha value is -1.36. The van der Waals surface area contributed by atoms with Gasteiger partial charge in [0.25, 0.3) is 0 Å². The molecular formula is C15H18BrNO3. The van der Waals surface area contributed by atoms with Crippen molar-refractivity contribution in [2.75, 3.05) is 13.1 Å². The maximum atomic E-state index is 12.3. The second kappa shape index (κ2) is 6.39. The molecule has 108 valence electrons. The number of benzene rings is 1. The minimum atomic E-state index is -0.803. The molecule has 1 aromatic carbocycles. The minimum Gasteiger partial charge on any atom is -0.481 e. The molecule has 0 spiro atoms. The van der Waals surface area contributed by atoms with Gasteiger partial charge in [0.05, 0.1) is 12.3 Å². The molecule has 0 radical (unpaired) electrons. The molecule has 0 aliphatic carbocycles. The highest BCUT2D eigenvalue weighted by Gasteiger charge is 2.28. The number of hydrogen-bond acceptors (Lipinski definition) is 2. The van der Waals surface area contributed by atoms with Gasteiger partial charge in [0, 0.05) is 17.6 Å². The molecule has 2 rings (SSSR count). The molecule has 0 bridgehead atoms. The number of carboxylic acid groups (broad SMARTS) is 1. The van der Waals surface area contributed by atoms with Gasteiger partial charge >= 0.3 is 5.97 Å². The topological polar surface area (TPSA) is 57.6 Å². The van der Waals surface area contributed by atoms with Crippen LogP contribution in [0.5, 0.6) is 0 Å². The first-order valence-corrected chi connectivity index (χ1v) is 7.52. The number of carbonyl (C=O) groups excluding carboxylic acids is 1. The summed E-state index contributed by atoms with van der Waals surface area (Å²) in [7, 11) is 0. The smallest absolute Gasteiger partial charge is 0.308 e. The molecular weight excluding hydrogens is 322 g/mol. The van der Waals surface area contributed by atoms with Crippen LogP contribution in [0.2, 0.25) is 0 Å². The summed E-state index contributed by atoms with van der Waals surface area (Å²) in [5, 5.41) is 9.06. The summed E-state index contributed by atoms with van der Waals surface area (Å²) in [4.78, 5) is 25.0. The highest BCUT2D eigenvalue weighted by atomic mass is 79.9. The molecule has 1 aliphatic heterocycles. The lowest BCUT2D eigenvalue weighted by Gasteiger charge is -2.31. The van der Waals surface area contributed by atoms with E-state index in [1.807, 2.05) is 25.1 Å². The normalized spacial score (nSPS) is 18.9. The zero-order chi connectivity index (χ0) is 14.7. The molecule has 1 aliphatic rings. The van der Waals surface area contributed by atoms with Crippen molar-refractivity contribution in [2.45, 2.75) is 26.2 Å². The van der Waals surface area contributed by atoms with E-state index in [2.05, 4.69) is 15.9 Å². The monoisotopic (exact) mass is 339 g/mol. The van der Waals surface area contributed by atoms with E-state index in [1.165, 1.54) is 0 Å². The van der Waals surface area contributed by atoms with Crippen molar-refractivity contribution in [1.29, 1.82) is 0 Å². The fraction of sp³-hybridized carbons (Fsp3) is 0.467. The van der Waals surface area contributed by atoms with Gasteiger partial charge in [0.2, 0.25) is 5.91 Å². The summed E-state index contributed by atoms with van der Waals surface area (Å²) in [6.07, 6.45) is 1.77. The summed E-state index contributed by atoms with van der Waals surface area (Å²) in [5.74, 6) is -1.21. The van der Waals surface area contributed by atoms with Gasteiger partial charge < -0.3 is 10.0 Å². The molecule has 4 nitrogen and oxygen atoms in total. The highest BCUT2D eigenvalue weighted by molar-refractivity contribution is 9.10. The van der Waals surface area contributed by atoms with Crippen LogP contribution in [0.4, 0.5) is 0 Å². The Balaban J connectivity index is 2.02. The van der Waals surface area contributed by atoms with Crippen LogP contribution in [-0.4, -0.2) is 35.0 Å². The minimum absolute atomic E-state index is 0.0152. The van der Waals surface area contributed by atoms with E-state index in [0.29, 0.717) is 25.9 Å². The van der Waals surface area contributed by atoms with Crippen LogP contribution in [0.25, 0.3) is 0 Å². The molecule has 1 unspecified atom stereocenters. The van der Waals surface area contributed by atoms with Crippen molar-refractivity contribution in [3.63, 3.8) is 0 Å². The van der Waals surface area contributed by atoms with Gasteiger partial charge in [0.15, 0.2) is 0 Å². The molecule has 1 N–H and O–H groups in total. The average Bonchev–Trinajstić information content (AvgIpc) is 2.42. The first-order valence-electron chi connectivity index (χ1n) is 6.73. The third-order valence-electron chi connectivity index (χ3n) is 3.77. The van der Waals surface area contributed by atoms with Crippen molar-refractivity contribution in [3.05, 3.63) is 33.8 Å². The lowest BCUT2D eigenvalue weighted by Crippen LogP contribution is -2.43. The van der Waals surface area contributed by atoms with Gasteiger partial charge in [-0.3, -0.25) is 9.59 Å². The Bertz CT molecular complexity index is 530. The predicted molar refractivity (Wildman–Crippen MR) is 79.5 cm³/mol. The molecule has 1 fully saturated rings. The first-order chi connectivity index (χ1) is 9.47. The molecule has 1 aromatic rings. The molecule has 0 saturated carbocycles. The van der Waals surface area contributed by atoms with Crippen LogP contribution >= 0.6 is 15.9 Å². The van der Waals surface area contributed by atoms with Crippen LogP contribution in [0, 0.1) is 12.8 Å². The quantitative estimate of drug-likeness (QED) is 0.920. The highest BCUT2D eigenvalue weighted by Crippen LogP contribution is 2.20.